The maximum absolute atomic E-state index is 12.8. The summed E-state index contributed by atoms with van der Waals surface area (Å²) in [6.07, 6.45) is 4.33. The first kappa shape index (κ1) is 25.5. The Labute approximate surface area is 213 Å². The molecule has 3 aromatic rings. The Morgan fingerprint density at radius 3 is 2.33 bits per heavy atom. The number of carbonyl (C=O) groups excluding carboxylic acids is 2. The van der Waals surface area contributed by atoms with E-state index in [1.165, 1.54) is 29.7 Å². The third kappa shape index (κ3) is 6.52. The number of amides is 2. The van der Waals surface area contributed by atoms with Crippen LogP contribution < -0.4 is 15.0 Å². The topological polar surface area (TPSA) is 61.9 Å². The number of benzene rings is 3. The number of hydrogen-bond acceptors (Lipinski definition) is 4. The lowest BCUT2D eigenvalue weighted by atomic mass is 9.96. The van der Waals surface area contributed by atoms with Crippen LogP contribution in [0.2, 0.25) is 0 Å². The van der Waals surface area contributed by atoms with Crippen LogP contribution in [0.5, 0.6) is 5.75 Å². The number of anilines is 2. The first-order valence-electron chi connectivity index (χ1n) is 12.7. The number of para-hydroxylation sites is 1. The highest BCUT2D eigenvalue weighted by molar-refractivity contribution is 6.04. The monoisotopic (exact) mass is 485 g/mol. The molecule has 0 spiro atoms. The zero-order valence-corrected chi connectivity index (χ0v) is 21.3. The lowest BCUT2D eigenvalue weighted by Crippen LogP contribution is -2.44. The SMILES string of the molecule is CC1CCCC(C)N1CCc1ccc(C(=O)Nc2cccc(OC(=O)N(C)c3ccccc3)c2)cc1. The van der Waals surface area contributed by atoms with Gasteiger partial charge in [-0.05, 0) is 75.1 Å². The van der Waals surface area contributed by atoms with Gasteiger partial charge in [-0.15, -0.1) is 0 Å². The largest absolute Gasteiger partial charge is 0.419 e. The number of rotatable bonds is 7. The molecule has 36 heavy (non-hydrogen) atoms. The van der Waals surface area contributed by atoms with Crippen molar-refractivity contribution >= 4 is 23.4 Å². The third-order valence-electron chi connectivity index (χ3n) is 6.97. The van der Waals surface area contributed by atoms with Gasteiger partial charge in [-0.2, -0.15) is 0 Å². The van der Waals surface area contributed by atoms with Crippen molar-refractivity contribution in [1.82, 2.24) is 4.90 Å². The van der Waals surface area contributed by atoms with Gasteiger partial charge in [0.2, 0.25) is 0 Å². The van der Waals surface area contributed by atoms with Gasteiger partial charge in [0.15, 0.2) is 0 Å². The van der Waals surface area contributed by atoms with Crippen LogP contribution in [0.25, 0.3) is 0 Å². The van der Waals surface area contributed by atoms with Crippen molar-refractivity contribution in [1.29, 1.82) is 0 Å². The van der Waals surface area contributed by atoms with E-state index in [4.69, 9.17) is 4.74 Å². The third-order valence-corrected chi connectivity index (χ3v) is 6.97. The molecule has 1 aliphatic rings. The van der Waals surface area contributed by atoms with Crippen molar-refractivity contribution in [2.24, 2.45) is 0 Å². The second-order valence-electron chi connectivity index (χ2n) is 9.56. The number of piperidine rings is 1. The molecule has 2 unspecified atom stereocenters. The summed E-state index contributed by atoms with van der Waals surface area (Å²) in [7, 11) is 1.65. The molecule has 0 bridgehead atoms. The molecule has 3 aromatic carbocycles. The van der Waals surface area contributed by atoms with Crippen LogP contribution in [0, 0.1) is 0 Å². The maximum Gasteiger partial charge on any atom is 0.419 e. The first-order valence-corrected chi connectivity index (χ1v) is 12.7. The lowest BCUT2D eigenvalue weighted by molar-refractivity contribution is 0.102. The zero-order chi connectivity index (χ0) is 25.5. The second kappa shape index (κ2) is 11.9. The molecule has 0 aromatic heterocycles. The van der Waals surface area contributed by atoms with Crippen LogP contribution in [0.3, 0.4) is 0 Å². The van der Waals surface area contributed by atoms with E-state index >= 15 is 0 Å². The van der Waals surface area contributed by atoms with Crippen LogP contribution in [0.1, 0.15) is 49.0 Å². The van der Waals surface area contributed by atoms with Crippen LogP contribution >= 0.6 is 0 Å². The number of nitrogens with zero attached hydrogens (tertiary/aromatic N) is 2. The van der Waals surface area contributed by atoms with Gasteiger partial charge in [0.25, 0.3) is 5.91 Å². The molecule has 0 saturated carbocycles. The summed E-state index contributed by atoms with van der Waals surface area (Å²) in [6, 6.07) is 25.2. The molecule has 1 saturated heterocycles. The van der Waals surface area contributed by atoms with E-state index in [1.54, 1.807) is 31.3 Å². The zero-order valence-electron chi connectivity index (χ0n) is 21.3. The van der Waals surface area contributed by atoms with E-state index in [1.807, 2.05) is 54.6 Å². The predicted molar refractivity (Wildman–Crippen MR) is 145 cm³/mol. The Morgan fingerprint density at radius 1 is 0.944 bits per heavy atom. The van der Waals surface area contributed by atoms with Crippen molar-refractivity contribution in [3.63, 3.8) is 0 Å². The van der Waals surface area contributed by atoms with Crippen molar-refractivity contribution < 1.29 is 14.3 Å². The van der Waals surface area contributed by atoms with Crippen LogP contribution in [-0.4, -0.2) is 42.6 Å². The van der Waals surface area contributed by atoms with Crippen molar-refractivity contribution in [2.75, 3.05) is 23.8 Å². The molecule has 2 atom stereocenters. The van der Waals surface area contributed by atoms with Crippen LogP contribution in [0.4, 0.5) is 16.2 Å². The van der Waals surface area contributed by atoms with Gasteiger partial charge >= 0.3 is 6.09 Å². The summed E-state index contributed by atoms with van der Waals surface area (Å²) in [5.41, 5.74) is 3.11. The van der Waals surface area contributed by atoms with E-state index < -0.39 is 6.09 Å². The molecule has 0 aliphatic carbocycles. The average molecular weight is 486 g/mol. The smallest absolute Gasteiger partial charge is 0.410 e. The van der Waals surface area contributed by atoms with E-state index in [2.05, 4.69) is 24.1 Å². The van der Waals surface area contributed by atoms with Gasteiger partial charge in [0.1, 0.15) is 5.75 Å². The van der Waals surface area contributed by atoms with Gasteiger partial charge < -0.3 is 10.1 Å². The molecule has 1 fully saturated rings. The van der Waals surface area contributed by atoms with Crippen molar-refractivity contribution in [3.05, 3.63) is 90.0 Å². The molecule has 1 heterocycles. The number of hydrogen-bond donors (Lipinski definition) is 1. The first-order chi connectivity index (χ1) is 17.4. The van der Waals surface area contributed by atoms with E-state index in [9.17, 15) is 9.59 Å². The van der Waals surface area contributed by atoms with Gasteiger partial charge in [-0.25, -0.2) is 4.79 Å². The molecule has 2 amide bonds. The molecular formula is C30H35N3O3. The lowest BCUT2D eigenvalue weighted by Gasteiger charge is -2.39. The quantitative estimate of drug-likeness (QED) is 0.422. The highest BCUT2D eigenvalue weighted by Crippen LogP contribution is 2.23. The maximum atomic E-state index is 12.8. The fraction of sp³-hybridized carbons (Fsp3) is 0.333. The molecule has 188 valence electrons. The molecule has 1 N–H and O–H groups in total. The number of carbonyl (C=O) groups is 2. The summed E-state index contributed by atoms with van der Waals surface area (Å²) in [4.78, 5) is 29.3. The summed E-state index contributed by atoms with van der Waals surface area (Å²) >= 11 is 0. The molecular weight excluding hydrogens is 450 g/mol. The minimum Gasteiger partial charge on any atom is -0.410 e. The number of likely N-dealkylation sites (tertiary alicyclic amines) is 1. The minimum atomic E-state index is -0.506. The van der Waals surface area contributed by atoms with E-state index in [0.29, 0.717) is 29.1 Å². The Bertz CT molecular complexity index is 1150. The van der Waals surface area contributed by atoms with Crippen LogP contribution in [0.15, 0.2) is 78.9 Å². The number of nitrogens with one attached hydrogen (secondary N) is 1. The molecule has 6 nitrogen and oxygen atoms in total. The van der Waals surface area contributed by atoms with Gasteiger partial charge in [-0.1, -0.05) is 42.8 Å². The van der Waals surface area contributed by atoms with Crippen LogP contribution in [-0.2, 0) is 6.42 Å². The molecule has 4 rings (SSSR count). The molecule has 1 aliphatic heterocycles. The average Bonchev–Trinajstić information content (AvgIpc) is 2.89. The second-order valence-corrected chi connectivity index (χ2v) is 9.56. The highest BCUT2D eigenvalue weighted by Gasteiger charge is 2.24. The van der Waals surface area contributed by atoms with E-state index in [-0.39, 0.29) is 5.91 Å². The summed E-state index contributed by atoms with van der Waals surface area (Å²) in [5, 5.41) is 2.90. The fourth-order valence-electron chi connectivity index (χ4n) is 4.76. The van der Waals surface area contributed by atoms with Gasteiger partial charge in [0, 0.05) is 48.7 Å². The van der Waals surface area contributed by atoms with Gasteiger partial charge in [-0.3, -0.25) is 14.6 Å². The Kier molecular flexibility index (Phi) is 8.39. The fourth-order valence-corrected chi connectivity index (χ4v) is 4.76. The standard InChI is InChI=1S/C30H35N3O3/c1-22-9-7-10-23(2)33(22)20-19-24-15-17-25(18-16-24)29(34)31-26-11-8-14-28(21-26)36-30(35)32(3)27-12-5-4-6-13-27/h4-6,8,11-18,21-23H,7,9-10,19-20H2,1-3H3,(H,31,34). The van der Waals surface area contributed by atoms with Crippen molar-refractivity contribution in [2.45, 2.75) is 51.6 Å². The summed E-state index contributed by atoms with van der Waals surface area (Å²) in [6.45, 7) is 5.68. The van der Waals surface area contributed by atoms with E-state index in [0.717, 1.165) is 18.7 Å². The van der Waals surface area contributed by atoms with Crippen molar-refractivity contribution in [3.8, 4) is 5.75 Å². The summed E-state index contributed by atoms with van der Waals surface area (Å²) < 4.78 is 5.50. The van der Waals surface area contributed by atoms with Gasteiger partial charge in [0.05, 0.1) is 0 Å². The Hall–Kier alpha value is -3.64. The molecule has 6 heteroatoms. The molecule has 0 radical (unpaired) electrons. The Morgan fingerprint density at radius 2 is 1.64 bits per heavy atom. The summed E-state index contributed by atoms with van der Waals surface area (Å²) in [5.74, 6) is 0.154. The normalized spacial score (nSPS) is 17.9. The highest BCUT2D eigenvalue weighted by atomic mass is 16.6. The Balaban J connectivity index is 1.32. The predicted octanol–water partition coefficient (Wildman–Crippen LogP) is 6.38. The minimum absolute atomic E-state index is 0.204. The number of ether oxygens (including phenoxy) is 1.